The predicted octanol–water partition coefficient (Wildman–Crippen LogP) is 2.37. The Kier molecular flexibility index (Phi) is 6.61. The summed E-state index contributed by atoms with van der Waals surface area (Å²) in [5.74, 6) is 1.44. The quantitative estimate of drug-likeness (QED) is 0.789. The molecule has 1 heterocycles. The van der Waals surface area contributed by atoms with Crippen molar-refractivity contribution in [2.75, 3.05) is 39.9 Å². The molecule has 2 atom stereocenters. The van der Waals surface area contributed by atoms with Gasteiger partial charge in [-0.3, -0.25) is 0 Å². The van der Waals surface area contributed by atoms with Gasteiger partial charge >= 0.3 is 0 Å². The van der Waals surface area contributed by atoms with Crippen LogP contribution in [-0.2, 0) is 4.74 Å². The van der Waals surface area contributed by atoms with Crippen LogP contribution < -0.4 is 5.32 Å². The van der Waals surface area contributed by atoms with Crippen molar-refractivity contribution in [1.29, 1.82) is 0 Å². The minimum Gasteiger partial charge on any atom is -0.381 e. The van der Waals surface area contributed by atoms with Gasteiger partial charge in [0.25, 0.3) is 0 Å². The highest BCUT2D eigenvalue weighted by atomic mass is 16.5. The van der Waals surface area contributed by atoms with E-state index >= 15 is 0 Å². The highest BCUT2D eigenvalue weighted by Gasteiger charge is 2.17. The van der Waals surface area contributed by atoms with E-state index in [4.69, 9.17) is 4.74 Å². The van der Waals surface area contributed by atoms with Gasteiger partial charge in [-0.25, -0.2) is 0 Å². The standard InChI is InChI=1S/C15H32N2O/c1-13(9-16-15(2,3)4)10-17(5)11-14-7-6-8-18-12-14/h13-14,16H,6-12H2,1-5H3. The normalized spacial score (nSPS) is 23.3. The first-order chi connectivity index (χ1) is 8.37. The minimum atomic E-state index is 0.226. The fourth-order valence-corrected chi connectivity index (χ4v) is 2.54. The summed E-state index contributed by atoms with van der Waals surface area (Å²) in [6.45, 7) is 14.4. The molecular weight excluding hydrogens is 224 g/mol. The Balaban J connectivity index is 2.16. The zero-order valence-corrected chi connectivity index (χ0v) is 13.0. The lowest BCUT2D eigenvalue weighted by Gasteiger charge is -2.30. The van der Waals surface area contributed by atoms with E-state index in [2.05, 4.69) is 45.0 Å². The third-order valence-electron chi connectivity index (χ3n) is 3.43. The van der Waals surface area contributed by atoms with E-state index in [0.29, 0.717) is 5.92 Å². The maximum absolute atomic E-state index is 5.54. The minimum absolute atomic E-state index is 0.226. The topological polar surface area (TPSA) is 24.5 Å². The summed E-state index contributed by atoms with van der Waals surface area (Å²) in [6.07, 6.45) is 2.57. The van der Waals surface area contributed by atoms with E-state index in [-0.39, 0.29) is 5.54 Å². The van der Waals surface area contributed by atoms with Crippen LogP contribution in [0.5, 0.6) is 0 Å². The van der Waals surface area contributed by atoms with Gasteiger partial charge in [-0.2, -0.15) is 0 Å². The van der Waals surface area contributed by atoms with Crippen molar-refractivity contribution in [2.45, 2.75) is 46.1 Å². The molecule has 1 N–H and O–H groups in total. The van der Waals surface area contributed by atoms with Gasteiger partial charge in [0.05, 0.1) is 6.61 Å². The summed E-state index contributed by atoms with van der Waals surface area (Å²) in [5.41, 5.74) is 0.226. The van der Waals surface area contributed by atoms with Crippen LogP contribution in [0.15, 0.2) is 0 Å². The molecule has 3 nitrogen and oxygen atoms in total. The summed E-state index contributed by atoms with van der Waals surface area (Å²) in [7, 11) is 2.24. The smallest absolute Gasteiger partial charge is 0.0506 e. The van der Waals surface area contributed by atoms with Crippen LogP contribution in [0, 0.1) is 11.8 Å². The van der Waals surface area contributed by atoms with Crippen LogP contribution in [-0.4, -0.2) is 50.3 Å². The molecule has 0 aromatic carbocycles. The summed E-state index contributed by atoms with van der Waals surface area (Å²) in [4.78, 5) is 2.47. The summed E-state index contributed by atoms with van der Waals surface area (Å²) in [5, 5.41) is 3.58. The van der Waals surface area contributed by atoms with Crippen molar-refractivity contribution >= 4 is 0 Å². The van der Waals surface area contributed by atoms with Gasteiger partial charge in [0.1, 0.15) is 0 Å². The van der Waals surface area contributed by atoms with Crippen LogP contribution in [0.1, 0.15) is 40.5 Å². The fourth-order valence-electron chi connectivity index (χ4n) is 2.54. The number of hydrogen-bond acceptors (Lipinski definition) is 3. The second-order valence-corrected chi connectivity index (χ2v) is 7.04. The summed E-state index contributed by atoms with van der Waals surface area (Å²) < 4.78 is 5.54. The van der Waals surface area contributed by atoms with Crippen molar-refractivity contribution in [2.24, 2.45) is 11.8 Å². The maximum Gasteiger partial charge on any atom is 0.0506 e. The zero-order chi connectivity index (χ0) is 13.6. The second kappa shape index (κ2) is 7.46. The van der Waals surface area contributed by atoms with E-state index in [1.807, 2.05) is 0 Å². The molecule has 1 rings (SSSR count). The molecule has 0 aromatic rings. The predicted molar refractivity (Wildman–Crippen MR) is 78.0 cm³/mol. The van der Waals surface area contributed by atoms with Crippen molar-refractivity contribution in [3.05, 3.63) is 0 Å². The van der Waals surface area contributed by atoms with Crippen LogP contribution in [0.2, 0.25) is 0 Å². The molecule has 3 heteroatoms. The Labute approximate surface area is 113 Å². The molecule has 0 radical (unpaired) electrons. The van der Waals surface area contributed by atoms with E-state index in [1.54, 1.807) is 0 Å². The molecule has 2 unspecified atom stereocenters. The molecule has 108 valence electrons. The molecule has 0 spiro atoms. The largest absolute Gasteiger partial charge is 0.381 e. The SMILES string of the molecule is CC(CNC(C)(C)C)CN(C)CC1CCCOC1. The molecule has 0 bridgehead atoms. The number of nitrogens with one attached hydrogen (secondary N) is 1. The molecule has 1 saturated heterocycles. The first-order valence-electron chi connectivity index (χ1n) is 7.38. The average molecular weight is 256 g/mol. The lowest BCUT2D eigenvalue weighted by molar-refractivity contribution is 0.0404. The van der Waals surface area contributed by atoms with Gasteiger partial charge in [-0.15, -0.1) is 0 Å². The summed E-state index contributed by atoms with van der Waals surface area (Å²) >= 11 is 0. The Hall–Kier alpha value is -0.120. The van der Waals surface area contributed by atoms with Gasteiger partial charge < -0.3 is 15.0 Å². The molecule has 0 aromatic heterocycles. The van der Waals surface area contributed by atoms with Gasteiger partial charge in [0.15, 0.2) is 0 Å². The van der Waals surface area contributed by atoms with Crippen molar-refractivity contribution in [1.82, 2.24) is 10.2 Å². The third kappa shape index (κ3) is 7.34. The van der Waals surface area contributed by atoms with Crippen molar-refractivity contribution < 1.29 is 4.74 Å². The Morgan fingerprint density at radius 3 is 2.67 bits per heavy atom. The Morgan fingerprint density at radius 2 is 2.11 bits per heavy atom. The number of rotatable bonds is 6. The molecule has 1 aliphatic heterocycles. The Bertz CT molecular complexity index is 219. The van der Waals surface area contributed by atoms with Crippen LogP contribution in [0.4, 0.5) is 0 Å². The summed E-state index contributed by atoms with van der Waals surface area (Å²) in [6, 6.07) is 0. The van der Waals surface area contributed by atoms with Crippen LogP contribution in [0.3, 0.4) is 0 Å². The van der Waals surface area contributed by atoms with Crippen molar-refractivity contribution in [3.8, 4) is 0 Å². The Morgan fingerprint density at radius 1 is 1.39 bits per heavy atom. The average Bonchev–Trinajstić information content (AvgIpc) is 2.26. The molecule has 1 aliphatic rings. The lowest BCUT2D eigenvalue weighted by Crippen LogP contribution is -2.41. The second-order valence-electron chi connectivity index (χ2n) is 7.04. The first kappa shape index (κ1) is 15.9. The fraction of sp³-hybridized carbons (Fsp3) is 1.00. The monoisotopic (exact) mass is 256 g/mol. The number of nitrogens with zero attached hydrogens (tertiary/aromatic N) is 1. The first-order valence-corrected chi connectivity index (χ1v) is 7.38. The highest BCUT2D eigenvalue weighted by Crippen LogP contribution is 2.15. The zero-order valence-electron chi connectivity index (χ0n) is 13.0. The third-order valence-corrected chi connectivity index (χ3v) is 3.43. The maximum atomic E-state index is 5.54. The highest BCUT2D eigenvalue weighted by molar-refractivity contribution is 4.74. The molecule has 18 heavy (non-hydrogen) atoms. The molecule has 0 aliphatic carbocycles. The molecule has 0 saturated carbocycles. The van der Waals surface area contributed by atoms with Gasteiger partial charge in [0, 0.05) is 25.2 Å². The van der Waals surface area contributed by atoms with Gasteiger partial charge in [0.2, 0.25) is 0 Å². The van der Waals surface area contributed by atoms with Crippen molar-refractivity contribution in [3.63, 3.8) is 0 Å². The van der Waals surface area contributed by atoms with Crippen LogP contribution in [0.25, 0.3) is 0 Å². The van der Waals surface area contributed by atoms with E-state index in [1.165, 1.54) is 25.9 Å². The molecular formula is C15H32N2O. The van der Waals surface area contributed by atoms with Crippen LogP contribution >= 0.6 is 0 Å². The van der Waals surface area contributed by atoms with E-state index in [9.17, 15) is 0 Å². The number of ether oxygens (including phenoxy) is 1. The molecule has 0 amide bonds. The van der Waals surface area contributed by atoms with E-state index in [0.717, 1.165) is 25.7 Å². The number of hydrogen-bond donors (Lipinski definition) is 1. The van der Waals surface area contributed by atoms with Gasteiger partial charge in [-0.05, 0) is 59.0 Å². The molecule has 1 fully saturated rings. The lowest BCUT2D eigenvalue weighted by atomic mass is 10.0. The van der Waals surface area contributed by atoms with E-state index < -0.39 is 0 Å². The van der Waals surface area contributed by atoms with Gasteiger partial charge in [-0.1, -0.05) is 6.92 Å².